The quantitative estimate of drug-likeness (QED) is 0.163. The molecule has 0 amide bonds. The Labute approximate surface area is 227 Å². The van der Waals surface area contributed by atoms with Gasteiger partial charge in [-0.25, -0.2) is 0 Å². The van der Waals surface area contributed by atoms with Crippen LogP contribution in [0, 0.1) is 0 Å². The number of hydrogen-bond acceptors (Lipinski definition) is 3. The second-order valence-electron chi connectivity index (χ2n) is 9.93. The number of benzene rings is 4. The Kier molecular flexibility index (Phi) is 9.37. The average Bonchev–Trinajstić information content (AvgIpc) is 2.96. The molecule has 0 aromatic heterocycles. The Balaban J connectivity index is 1.73. The zero-order valence-electron chi connectivity index (χ0n) is 22.7. The zero-order valence-corrected chi connectivity index (χ0v) is 23.7. The summed E-state index contributed by atoms with van der Waals surface area (Å²) in [5, 5.41) is 15.0. The van der Waals surface area contributed by atoms with Crippen molar-refractivity contribution in [2.45, 2.75) is 52.6 Å². The van der Waals surface area contributed by atoms with Crippen molar-refractivity contribution in [3.05, 3.63) is 114 Å². The van der Waals surface area contributed by atoms with Crippen LogP contribution in [0.25, 0.3) is 0 Å². The predicted octanol–water partition coefficient (Wildman–Crippen LogP) is 6.82. The summed E-state index contributed by atoms with van der Waals surface area (Å²) in [6.07, 6.45) is 4.22. The van der Waals surface area contributed by atoms with E-state index in [2.05, 4.69) is 105 Å². The molecule has 0 spiro atoms. The Hall–Kier alpha value is -3.42. The molecule has 0 aliphatic carbocycles. The molecule has 0 bridgehead atoms. The van der Waals surface area contributed by atoms with Crippen LogP contribution in [0.5, 0.6) is 11.5 Å². The SMILES string of the molecule is CCCc1c(OC(CC)CC[PH](c2ccccc2)(c2ccccc2)c2ccccc2)ccc(C(C)=O)c1O. The second kappa shape index (κ2) is 12.9. The summed E-state index contributed by atoms with van der Waals surface area (Å²) in [5.74, 6) is 0.615. The molecule has 1 unspecified atom stereocenters. The van der Waals surface area contributed by atoms with Gasteiger partial charge < -0.3 is 0 Å². The molecule has 0 fully saturated rings. The third-order valence-corrected chi connectivity index (χ3v) is 12.5. The number of carbonyl (C=O) groups is 1. The molecular weight excluding hydrogens is 487 g/mol. The van der Waals surface area contributed by atoms with Crippen LogP contribution in [-0.2, 0) is 6.42 Å². The van der Waals surface area contributed by atoms with Crippen LogP contribution < -0.4 is 20.7 Å². The molecule has 0 saturated heterocycles. The summed E-state index contributed by atoms with van der Waals surface area (Å²) in [4.78, 5) is 12.0. The van der Waals surface area contributed by atoms with Crippen molar-refractivity contribution in [1.82, 2.24) is 0 Å². The van der Waals surface area contributed by atoms with Gasteiger partial charge in [-0.1, -0.05) is 0 Å². The number of aromatic hydroxyl groups is 1. The summed E-state index contributed by atoms with van der Waals surface area (Å²) >= 11 is 0. The number of Topliss-reactive ketones (excluding diaryl/α,β-unsaturated/α-hetero) is 1. The van der Waals surface area contributed by atoms with Crippen molar-refractivity contribution in [3.8, 4) is 11.5 Å². The van der Waals surface area contributed by atoms with Gasteiger partial charge >= 0.3 is 228 Å². The maximum atomic E-state index is 12.0. The van der Waals surface area contributed by atoms with Gasteiger partial charge in [-0.05, 0) is 0 Å². The van der Waals surface area contributed by atoms with Crippen molar-refractivity contribution in [2.75, 3.05) is 6.16 Å². The number of phenolic OH excluding ortho intramolecular Hbond substituents is 1. The summed E-state index contributed by atoms with van der Waals surface area (Å²) < 4.78 is 6.62. The van der Waals surface area contributed by atoms with Crippen molar-refractivity contribution >= 4 is 29.0 Å². The maximum absolute atomic E-state index is 12.0. The average molecular weight is 527 g/mol. The molecular formula is C34H39O3P. The van der Waals surface area contributed by atoms with E-state index in [1.165, 1.54) is 22.8 Å². The topological polar surface area (TPSA) is 46.5 Å². The van der Waals surface area contributed by atoms with Gasteiger partial charge in [0.15, 0.2) is 0 Å². The number of phenols is 1. The van der Waals surface area contributed by atoms with Gasteiger partial charge in [0.1, 0.15) is 0 Å². The molecule has 0 aliphatic heterocycles. The third-order valence-electron chi connectivity index (χ3n) is 7.51. The first kappa shape index (κ1) is 27.6. The fourth-order valence-electron chi connectivity index (χ4n) is 5.51. The summed E-state index contributed by atoms with van der Waals surface area (Å²) in [6, 6.07) is 36.4. The van der Waals surface area contributed by atoms with E-state index < -0.39 is 7.26 Å². The summed E-state index contributed by atoms with van der Waals surface area (Å²) in [7, 11) is -2.36. The Bertz CT molecular complexity index is 1220. The first-order valence-corrected chi connectivity index (χ1v) is 15.9. The molecule has 38 heavy (non-hydrogen) atoms. The molecule has 0 aliphatic rings. The van der Waals surface area contributed by atoms with E-state index in [0.29, 0.717) is 17.7 Å². The summed E-state index contributed by atoms with van der Waals surface area (Å²) in [5.41, 5.74) is 1.09. The van der Waals surface area contributed by atoms with Crippen LogP contribution in [0.3, 0.4) is 0 Å². The second-order valence-corrected chi connectivity index (χ2v) is 14.0. The van der Waals surface area contributed by atoms with Gasteiger partial charge in [-0.15, -0.1) is 0 Å². The molecule has 3 nitrogen and oxygen atoms in total. The molecule has 4 rings (SSSR count). The minimum absolute atomic E-state index is 0.0174. The third kappa shape index (κ3) is 5.84. The van der Waals surface area contributed by atoms with Crippen LogP contribution in [0.1, 0.15) is 56.0 Å². The Morgan fingerprint density at radius 2 is 1.29 bits per heavy atom. The van der Waals surface area contributed by atoms with Crippen LogP contribution in [0.15, 0.2) is 103 Å². The molecule has 4 heteroatoms. The number of hydrogen-bond donors (Lipinski definition) is 1. The van der Waals surface area contributed by atoms with Crippen molar-refractivity contribution in [3.63, 3.8) is 0 Å². The summed E-state index contributed by atoms with van der Waals surface area (Å²) in [6.45, 7) is 5.71. The predicted molar refractivity (Wildman–Crippen MR) is 163 cm³/mol. The van der Waals surface area contributed by atoms with E-state index in [-0.39, 0.29) is 17.6 Å². The monoisotopic (exact) mass is 526 g/mol. The molecule has 0 saturated carbocycles. The molecule has 1 atom stereocenters. The van der Waals surface area contributed by atoms with Gasteiger partial charge in [0.05, 0.1) is 0 Å². The molecule has 198 valence electrons. The zero-order chi connectivity index (χ0) is 27.0. The van der Waals surface area contributed by atoms with E-state index in [9.17, 15) is 9.90 Å². The molecule has 0 heterocycles. The van der Waals surface area contributed by atoms with E-state index in [1.807, 2.05) is 6.07 Å². The van der Waals surface area contributed by atoms with Gasteiger partial charge in [0, 0.05) is 0 Å². The number of carbonyl (C=O) groups excluding carboxylic acids is 1. The van der Waals surface area contributed by atoms with E-state index in [4.69, 9.17) is 4.74 Å². The molecule has 4 aromatic rings. The normalized spacial score (nSPS) is 12.6. The standard InChI is InChI=1S/C34H39O3P/c1-4-15-32-33(23-22-31(26(3)35)34(32)36)37-27(5-2)24-25-38(28-16-9-6-10-17-28,29-18-11-7-12-19-29)30-20-13-8-14-21-30/h6-14,16-23,27,36,38H,4-5,15,24-25H2,1-3H3. The van der Waals surface area contributed by atoms with Crippen LogP contribution in [0.2, 0.25) is 0 Å². The first-order chi connectivity index (χ1) is 18.5. The fraction of sp³-hybridized carbons (Fsp3) is 0.265. The molecule has 4 aromatic carbocycles. The van der Waals surface area contributed by atoms with E-state index in [1.54, 1.807) is 6.07 Å². The minimum atomic E-state index is -2.36. The van der Waals surface area contributed by atoms with Crippen molar-refractivity contribution in [2.24, 2.45) is 0 Å². The number of ketones is 1. The van der Waals surface area contributed by atoms with Gasteiger partial charge in [0.25, 0.3) is 0 Å². The Morgan fingerprint density at radius 1 is 0.789 bits per heavy atom. The fourth-order valence-corrected chi connectivity index (χ4v) is 10.4. The van der Waals surface area contributed by atoms with Crippen LogP contribution in [0.4, 0.5) is 0 Å². The molecule has 0 radical (unpaired) electrons. The van der Waals surface area contributed by atoms with E-state index >= 15 is 0 Å². The van der Waals surface area contributed by atoms with Crippen molar-refractivity contribution < 1.29 is 14.6 Å². The van der Waals surface area contributed by atoms with Crippen LogP contribution >= 0.6 is 7.26 Å². The van der Waals surface area contributed by atoms with Crippen molar-refractivity contribution in [1.29, 1.82) is 0 Å². The Morgan fingerprint density at radius 3 is 1.71 bits per heavy atom. The number of rotatable bonds is 12. The van der Waals surface area contributed by atoms with E-state index in [0.717, 1.165) is 31.0 Å². The van der Waals surface area contributed by atoms with Crippen LogP contribution in [-0.4, -0.2) is 23.2 Å². The van der Waals surface area contributed by atoms with Gasteiger partial charge in [-0.2, -0.15) is 0 Å². The van der Waals surface area contributed by atoms with Gasteiger partial charge in [0.2, 0.25) is 0 Å². The molecule has 1 N–H and O–H groups in total. The van der Waals surface area contributed by atoms with Gasteiger partial charge in [-0.3, -0.25) is 0 Å². The number of ether oxygens (including phenoxy) is 1. The first-order valence-electron chi connectivity index (χ1n) is 13.7.